The summed E-state index contributed by atoms with van der Waals surface area (Å²) in [5.74, 6) is 0.0249. The number of aromatic nitrogens is 1. The van der Waals surface area contributed by atoms with E-state index in [1.807, 2.05) is 71.2 Å². The molecule has 0 radical (unpaired) electrons. The number of aryl methyl sites for hydroxylation is 1. The lowest BCUT2D eigenvalue weighted by molar-refractivity contribution is 0.0760. The first kappa shape index (κ1) is 15.1. The van der Waals surface area contributed by atoms with E-state index in [1.165, 1.54) is 0 Å². The Kier molecular flexibility index (Phi) is 4.29. The fourth-order valence-electron chi connectivity index (χ4n) is 2.74. The minimum atomic E-state index is 0.0249. The Hall–Kier alpha value is -2.81. The minimum Gasteiger partial charge on any atom is -0.353 e. The molecule has 2 aromatic carbocycles. The van der Waals surface area contributed by atoms with Crippen LogP contribution in [0.4, 0.5) is 0 Å². The Bertz CT molecular complexity index is 847. The quantitative estimate of drug-likeness (QED) is 0.654. The highest BCUT2D eigenvalue weighted by Crippen LogP contribution is 2.18. The number of rotatable bonds is 5. The second kappa shape index (κ2) is 6.53. The predicted octanol–water partition coefficient (Wildman–Crippen LogP) is 4.01. The molecule has 1 amide bonds. The fourth-order valence-corrected chi connectivity index (χ4v) is 2.74. The van der Waals surface area contributed by atoms with Gasteiger partial charge in [0.05, 0.1) is 6.54 Å². The summed E-state index contributed by atoms with van der Waals surface area (Å²) < 4.78 is 2.03. The van der Waals surface area contributed by atoms with Gasteiger partial charge in [0.2, 0.25) is 0 Å². The topological polar surface area (TPSA) is 25.2 Å². The molecule has 3 aromatic rings. The maximum Gasteiger partial charge on any atom is 0.254 e. The van der Waals surface area contributed by atoms with Crippen molar-refractivity contribution in [3.63, 3.8) is 0 Å². The molecule has 0 saturated carbocycles. The lowest BCUT2D eigenvalue weighted by atomic mass is 10.1. The van der Waals surface area contributed by atoms with Gasteiger partial charge in [0.15, 0.2) is 0 Å². The Morgan fingerprint density at radius 3 is 2.61 bits per heavy atom. The summed E-state index contributed by atoms with van der Waals surface area (Å²) in [7, 11) is 1.99. The van der Waals surface area contributed by atoms with Crippen molar-refractivity contribution in [3.8, 4) is 0 Å². The lowest BCUT2D eigenvalue weighted by Crippen LogP contribution is -2.31. The van der Waals surface area contributed by atoms with Gasteiger partial charge in [0.25, 0.3) is 5.91 Å². The van der Waals surface area contributed by atoms with Crippen molar-refractivity contribution in [2.45, 2.75) is 6.54 Å². The van der Waals surface area contributed by atoms with Gasteiger partial charge in [-0.2, -0.15) is 0 Å². The van der Waals surface area contributed by atoms with Gasteiger partial charge in [0.1, 0.15) is 0 Å². The lowest BCUT2D eigenvalue weighted by Gasteiger charge is -2.22. The van der Waals surface area contributed by atoms with Crippen LogP contribution in [0.3, 0.4) is 0 Å². The van der Waals surface area contributed by atoms with E-state index in [-0.39, 0.29) is 5.91 Å². The number of nitrogens with zero attached hydrogens (tertiary/aromatic N) is 2. The Labute approximate surface area is 136 Å². The monoisotopic (exact) mass is 304 g/mol. The SMILES string of the molecule is C=CCN(Cc1cccn1C)C(=O)c1ccc2ccccc2c1. The molecule has 0 fully saturated rings. The fraction of sp³-hybridized carbons (Fsp3) is 0.150. The number of hydrogen-bond acceptors (Lipinski definition) is 1. The molecule has 0 bridgehead atoms. The molecule has 116 valence electrons. The maximum absolute atomic E-state index is 12.9. The van der Waals surface area contributed by atoms with Crippen LogP contribution in [0.25, 0.3) is 10.8 Å². The molecule has 0 unspecified atom stereocenters. The first-order valence-corrected chi connectivity index (χ1v) is 7.68. The summed E-state index contributed by atoms with van der Waals surface area (Å²) in [5.41, 5.74) is 1.81. The molecule has 3 nitrogen and oxygen atoms in total. The zero-order valence-corrected chi connectivity index (χ0v) is 13.3. The zero-order chi connectivity index (χ0) is 16.2. The van der Waals surface area contributed by atoms with E-state index in [0.29, 0.717) is 18.7 Å². The summed E-state index contributed by atoms with van der Waals surface area (Å²) in [6.45, 7) is 4.87. The van der Waals surface area contributed by atoms with E-state index in [4.69, 9.17) is 0 Å². The van der Waals surface area contributed by atoms with Crippen LogP contribution < -0.4 is 0 Å². The van der Waals surface area contributed by atoms with Crippen molar-refractivity contribution in [2.75, 3.05) is 6.54 Å². The molecule has 3 heteroatoms. The molecule has 1 heterocycles. The van der Waals surface area contributed by atoms with Gasteiger partial charge in [-0.05, 0) is 35.0 Å². The number of carbonyl (C=O) groups is 1. The smallest absolute Gasteiger partial charge is 0.254 e. The van der Waals surface area contributed by atoms with Crippen LogP contribution in [0.5, 0.6) is 0 Å². The van der Waals surface area contributed by atoms with Gasteiger partial charge in [-0.25, -0.2) is 0 Å². The van der Waals surface area contributed by atoms with E-state index < -0.39 is 0 Å². The molecule has 0 spiro atoms. The van der Waals surface area contributed by atoms with Crippen LogP contribution in [0.1, 0.15) is 16.1 Å². The average Bonchev–Trinajstić information content (AvgIpc) is 2.98. The predicted molar refractivity (Wildman–Crippen MR) is 94.3 cm³/mol. The van der Waals surface area contributed by atoms with Gasteiger partial charge >= 0.3 is 0 Å². The third-order valence-corrected chi connectivity index (χ3v) is 4.04. The number of benzene rings is 2. The second-order valence-corrected chi connectivity index (χ2v) is 5.65. The first-order chi connectivity index (χ1) is 11.2. The summed E-state index contributed by atoms with van der Waals surface area (Å²) >= 11 is 0. The van der Waals surface area contributed by atoms with Gasteiger partial charge in [-0.15, -0.1) is 6.58 Å². The van der Waals surface area contributed by atoms with E-state index in [2.05, 4.69) is 12.6 Å². The van der Waals surface area contributed by atoms with Crippen LogP contribution >= 0.6 is 0 Å². The first-order valence-electron chi connectivity index (χ1n) is 7.68. The number of amides is 1. The van der Waals surface area contributed by atoms with Crippen molar-refractivity contribution in [1.29, 1.82) is 0 Å². The molecule has 0 atom stereocenters. The standard InChI is InChI=1S/C20H20N2O/c1-3-12-22(15-19-9-6-13-21(19)2)20(23)18-11-10-16-7-4-5-8-17(16)14-18/h3-11,13-14H,1,12,15H2,2H3. The normalized spacial score (nSPS) is 10.7. The molecule has 23 heavy (non-hydrogen) atoms. The van der Waals surface area contributed by atoms with Crippen LogP contribution in [0.15, 0.2) is 73.4 Å². The molecular weight excluding hydrogens is 284 g/mol. The zero-order valence-electron chi connectivity index (χ0n) is 13.3. The van der Waals surface area contributed by atoms with E-state index in [1.54, 1.807) is 6.08 Å². The van der Waals surface area contributed by atoms with Gasteiger partial charge in [-0.3, -0.25) is 4.79 Å². The average molecular weight is 304 g/mol. The number of carbonyl (C=O) groups excluding carboxylic acids is 1. The number of fused-ring (bicyclic) bond motifs is 1. The molecule has 0 aliphatic heterocycles. The summed E-state index contributed by atoms with van der Waals surface area (Å²) in [4.78, 5) is 14.7. The third kappa shape index (κ3) is 3.19. The highest BCUT2D eigenvalue weighted by Gasteiger charge is 2.16. The number of hydrogen-bond donors (Lipinski definition) is 0. The molecule has 0 saturated heterocycles. The highest BCUT2D eigenvalue weighted by molar-refractivity contribution is 5.98. The van der Waals surface area contributed by atoms with Crippen molar-refractivity contribution in [1.82, 2.24) is 9.47 Å². The summed E-state index contributed by atoms with van der Waals surface area (Å²) in [6, 6.07) is 17.9. The molecule has 0 N–H and O–H groups in total. The van der Waals surface area contributed by atoms with E-state index in [9.17, 15) is 4.79 Å². The molecule has 0 aliphatic rings. The summed E-state index contributed by atoms with van der Waals surface area (Å²) in [5, 5.41) is 2.22. The largest absolute Gasteiger partial charge is 0.353 e. The third-order valence-electron chi connectivity index (χ3n) is 4.04. The Balaban J connectivity index is 1.89. The van der Waals surface area contributed by atoms with Gasteiger partial charge in [-0.1, -0.05) is 36.4 Å². The molecule has 3 rings (SSSR count). The maximum atomic E-state index is 12.9. The van der Waals surface area contributed by atoms with Crippen LogP contribution in [0.2, 0.25) is 0 Å². The molecule has 0 aliphatic carbocycles. The Morgan fingerprint density at radius 2 is 1.91 bits per heavy atom. The van der Waals surface area contributed by atoms with Crippen molar-refractivity contribution < 1.29 is 4.79 Å². The van der Waals surface area contributed by atoms with Crippen LogP contribution in [-0.2, 0) is 13.6 Å². The van der Waals surface area contributed by atoms with Crippen molar-refractivity contribution >= 4 is 16.7 Å². The Morgan fingerprint density at radius 1 is 1.13 bits per heavy atom. The van der Waals surface area contributed by atoms with E-state index in [0.717, 1.165) is 16.5 Å². The van der Waals surface area contributed by atoms with Crippen LogP contribution in [-0.4, -0.2) is 21.9 Å². The van der Waals surface area contributed by atoms with Gasteiger partial charge in [0, 0.05) is 31.0 Å². The van der Waals surface area contributed by atoms with Crippen molar-refractivity contribution in [3.05, 3.63) is 84.7 Å². The minimum absolute atomic E-state index is 0.0249. The molecular formula is C20H20N2O. The molecule has 1 aromatic heterocycles. The van der Waals surface area contributed by atoms with E-state index >= 15 is 0 Å². The highest BCUT2D eigenvalue weighted by atomic mass is 16.2. The second-order valence-electron chi connectivity index (χ2n) is 5.65. The summed E-state index contributed by atoms with van der Waals surface area (Å²) in [6.07, 6.45) is 3.75. The van der Waals surface area contributed by atoms with Gasteiger partial charge < -0.3 is 9.47 Å². The van der Waals surface area contributed by atoms with Crippen LogP contribution in [0, 0.1) is 0 Å². The van der Waals surface area contributed by atoms with Crippen molar-refractivity contribution in [2.24, 2.45) is 7.05 Å².